The molecule has 1 aromatic heterocycles. The van der Waals surface area contributed by atoms with Gasteiger partial charge in [-0.2, -0.15) is 5.10 Å². The molecule has 2 rings (SSSR count). The van der Waals surface area contributed by atoms with Crippen LogP contribution in [0.1, 0.15) is 34.1 Å². The number of amides is 1. The molecule has 0 bridgehead atoms. The molecule has 0 aliphatic carbocycles. The topological polar surface area (TPSA) is 57.8 Å². The Morgan fingerprint density at radius 3 is 2.63 bits per heavy atom. The normalized spacial score (nSPS) is 10.5. The number of aromatic nitrogens is 2. The van der Waals surface area contributed by atoms with E-state index in [4.69, 9.17) is 0 Å². The molecule has 100 valence electrons. The second-order valence-corrected chi connectivity index (χ2v) is 4.71. The molecule has 0 atom stereocenters. The van der Waals surface area contributed by atoms with Crippen LogP contribution >= 0.6 is 0 Å². The van der Waals surface area contributed by atoms with Crippen LogP contribution in [0.4, 0.5) is 0 Å². The van der Waals surface area contributed by atoms with Crippen molar-refractivity contribution in [3.05, 3.63) is 40.6 Å². The van der Waals surface area contributed by atoms with E-state index in [0.717, 1.165) is 28.1 Å². The van der Waals surface area contributed by atoms with Gasteiger partial charge in [0.1, 0.15) is 0 Å². The SMILES string of the molecule is CCNC(=O)c1ccc(C)c(-c2n[nH]c(C)c2C)c1. The van der Waals surface area contributed by atoms with E-state index in [0.29, 0.717) is 12.1 Å². The number of aryl methyl sites for hydroxylation is 2. The highest BCUT2D eigenvalue weighted by atomic mass is 16.1. The number of rotatable bonds is 3. The van der Waals surface area contributed by atoms with Crippen molar-refractivity contribution in [1.29, 1.82) is 0 Å². The first-order valence-electron chi connectivity index (χ1n) is 6.45. The van der Waals surface area contributed by atoms with E-state index in [1.165, 1.54) is 0 Å². The Labute approximate surface area is 113 Å². The minimum absolute atomic E-state index is 0.0475. The van der Waals surface area contributed by atoms with Gasteiger partial charge in [0.2, 0.25) is 0 Å². The lowest BCUT2D eigenvalue weighted by atomic mass is 9.99. The van der Waals surface area contributed by atoms with E-state index < -0.39 is 0 Å². The summed E-state index contributed by atoms with van der Waals surface area (Å²) >= 11 is 0. The number of hydrogen-bond acceptors (Lipinski definition) is 2. The summed E-state index contributed by atoms with van der Waals surface area (Å²) in [4.78, 5) is 11.9. The van der Waals surface area contributed by atoms with Gasteiger partial charge in [-0.3, -0.25) is 9.89 Å². The Balaban J connectivity index is 2.48. The van der Waals surface area contributed by atoms with Gasteiger partial charge in [0.15, 0.2) is 0 Å². The van der Waals surface area contributed by atoms with Gasteiger partial charge in [0.05, 0.1) is 5.69 Å². The minimum atomic E-state index is -0.0475. The van der Waals surface area contributed by atoms with Crippen LogP contribution in [0.5, 0.6) is 0 Å². The van der Waals surface area contributed by atoms with Crippen LogP contribution in [0.15, 0.2) is 18.2 Å². The monoisotopic (exact) mass is 257 g/mol. The van der Waals surface area contributed by atoms with Gasteiger partial charge >= 0.3 is 0 Å². The van der Waals surface area contributed by atoms with Crippen LogP contribution in [0.25, 0.3) is 11.3 Å². The maximum absolute atomic E-state index is 11.9. The van der Waals surface area contributed by atoms with Crippen LogP contribution in [0.2, 0.25) is 0 Å². The van der Waals surface area contributed by atoms with E-state index in [2.05, 4.69) is 15.5 Å². The molecule has 2 N–H and O–H groups in total. The lowest BCUT2D eigenvalue weighted by Gasteiger charge is -2.08. The molecule has 1 aromatic carbocycles. The zero-order chi connectivity index (χ0) is 14.0. The van der Waals surface area contributed by atoms with E-state index in [-0.39, 0.29) is 5.91 Å². The molecule has 0 radical (unpaired) electrons. The number of carbonyl (C=O) groups is 1. The van der Waals surface area contributed by atoms with Gasteiger partial charge in [-0.1, -0.05) is 6.07 Å². The molecule has 0 fully saturated rings. The third-order valence-corrected chi connectivity index (χ3v) is 3.35. The predicted molar refractivity (Wildman–Crippen MR) is 76.2 cm³/mol. The fourth-order valence-electron chi connectivity index (χ4n) is 2.03. The highest BCUT2D eigenvalue weighted by Crippen LogP contribution is 2.27. The van der Waals surface area contributed by atoms with Gasteiger partial charge in [0, 0.05) is 23.4 Å². The maximum Gasteiger partial charge on any atom is 0.251 e. The summed E-state index contributed by atoms with van der Waals surface area (Å²) in [5.41, 5.74) is 5.88. The van der Waals surface area contributed by atoms with Crippen molar-refractivity contribution < 1.29 is 4.79 Å². The van der Waals surface area contributed by atoms with Crippen molar-refractivity contribution >= 4 is 5.91 Å². The largest absolute Gasteiger partial charge is 0.352 e. The highest BCUT2D eigenvalue weighted by Gasteiger charge is 2.13. The van der Waals surface area contributed by atoms with Gasteiger partial charge in [-0.05, 0) is 51.0 Å². The van der Waals surface area contributed by atoms with Crippen molar-refractivity contribution in [3.8, 4) is 11.3 Å². The summed E-state index contributed by atoms with van der Waals surface area (Å²) in [6, 6.07) is 5.71. The maximum atomic E-state index is 11.9. The standard InChI is InChI=1S/C15H19N3O/c1-5-16-15(19)12-7-6-9(2)13(8-12)14-10(3)11(4)17-18-14/h6-8H,5H2,1-4H3,(H,16,19)(H,17,18). The van der Waals surface area contributed by atoms with E-state index in [9.17, 15) is 4.79 Å². The Bertz CT molecular complexity index is 614. The smallest absolute Gasteiger partial charge is 0.251 e. The number of carbonyl (C=O) groups excluding carboxylic acids is 1. The average Bonchev–Trinajstić information content (AvgIpc) is 2.71. The van der Waals surface area contributed by atoms with E-state index in [1.807, 2.05) is 45.9 Å². The zero-order valence-electron chi connectivity index (χ0n) is 11.8. The zero-order valence-corrected chi connectivity index (χ0v) is 11.8. The quantitative estimate of drug-likeness (QED) is 0.888. The van der Waals surface area contributed by atoms with Crippen LogP contribution < -0.4 is 5.32 Å². The molecule has 0 aliphatic heterocycles. The van der Waals surface area contributed by atoms with E-state index in [1.54, 1.807) is 0 Å². The van der Waals surface area contributed by atoms with Crippen LogP contribution in [-0.2, 0) is 0 Å². The van der Waals surface area contributed by atoms with Crippen LogP contribution in [-0.4, -0.2) is 22.6 Å². The number of H-pyrrole nitrogens is 1. The Kier molecular flexibility index (Phi) is 3.69. The number of aromatic amines is 1. The lowest BCUT2D eigenvalue weighted by Crippen LogP contribution is -2.22. The third-order valence-electron chi connectivity index (χ3n) is 3.35. The average molecular weight is 257 g/mol. The van der Waals surface area contributed by atoms with Crippen molar-refractivity contribution in [3.63, 3.8) is 0 Å². The minimum Gasteiger partial charge on any atom is -0.352 e. The number of nitrogens with one attached hydrogen (secondary N) is 2. The first kappa shape index (κ1) is 13.3. The summed E-state index contributed by atoms with van der Waals surface area (Å²) in [6.07, 6.45) is 0. The molecular weight excluding hydrogens is 238 g/mol. The predicted octanol–water partition coefficient (Wildman–Crippen LogP) is 2.75. The molecule has 4 heteroatoms. The molecule has 0 saturated carbocycles. The lowest BCUT2D eigenvalue weighted by molar-refractivity contribution is 0.0956. The summed E-state index contributed by atoms with van der Waals surface area (Å²) in [7, 11) is 0. The summed E-state index contributed by atoms with van der Waals surface area (Å²) in [5.74, 6) is -0.0475. The number of hydrogen-bond donors (Lipinski definition) is 2. The van der Waals surface area contributed by atoms with Gasteiger partial charge in [-0.25, -0.2) is 0 Å². The number of benzene rings is 1. The molecule has 1 amide bonds. The summed E-state index contributed by atoms with van der Waals surface area (Å²) < 4.78 is 0. The van der Waals surface area contributed by atoms with Crippen LogP contribution in [0.3, 0.4) is 0 Å². The number of nitrogens with zero attached hydrogens (tertiary/aromatic N) is 1. The molecule has 0 spiro atoms. The Morgan fingerprint density at radius 2 is 2.05 bits per heavy atom. The van der Waals surface area contributed by atoms with Crippen LogP contribution in [0, 0.1) is 20.8 Å². The van der Waals surface area contributed by atoms with E-state index >= 15 is 0 Å². The molecule has 0 saturated heterocycles. The fourth-order valence-corrected chi connectivity index (χ4v) is 2.03. The molecule has 0 aliphatic rings. The first-order valence-corrected chi connectivity index (χ1v) is 6.45. The van der Waals surface area contributed by atoms with Gasteiger partial charge < -0.3 is 5.32 Å². The molecule has 4 nitrogen and oxygen atoms in total. The molecule has 1 heterocycles. The van der Waals surface area contributed by atoms with Gasteiger partial charge in [-0.15, -0.1) is 0 Å². The second-order valence-electron chi connectivity index (χ2n) is 4.71. The third kappa shape index (κ3) is 2.52. The highest BCUT2D eigenvalue weighted by molar-refractivity contribution is 5.95. The molecule has 0 unspecified atom stereocenters. The summed E-state index contributed by atoms with van der Waals surface area (Å²) in [5, 5.41) is 10.1. The molecular formula is C15H19N3O. The Morgan fingerprint density at radius 1 is 1.32 bits per heavy atom. The van der Waals surface area contributed by atoms with Gasteiger partial charge in [0.25, 0.3) is 5.91 Å². The van der Waals surface area contributed by atoms with Crippen molar-refractivity contribution in [2.24, 2.45) is 0 Å². The Hall–Kier alpha value is -2.10. The first-order chi connectivity index (χ1) is 9.04. The molecule has 2 aromatic rings. The van der Waals surface area contributed by atoms with Crippen molar-refractivity contribution in [1.82, 2.24) is 15.5 Å². The molecule has 19 heavy (non-hydrogen) atoms. The summed E-state index contributed by atoms with van der Waals surface area (Å²) in [6.45, 7) is 8.60. The van der Waals surface area contributed by atoms with Crippen molar-refractivity contribution in [2.75, 3.05) is 6.54 Å². The second kappa shape index (κ2) is 5.26. The fraction of sp³-hybridized carbons (Fsp3) is 0.333. The van der Waals surface area contributed by atoms with Crippen molar-refractivity contribution in [2.45, 2.75) is 27.7 Å².